The molecule has 0 aromatic heterocycles. The van der Waals surface area contributed by atoms with Gasteiger partial charge in [0.05, 0.1) is 6.10 Å². The molecule has 1 heterocycles. The average Bonchev–Trinajstić information content (AvgIpc) is 2.43. The summed E-state index contributed by atoms with van der Waals surface area (Å²) in [5.41, 5.74) is 0.236. The number of nitrogens with one attached hydrogen (secondary N) is 1. The van der Waals surface area contributed by atoms with Crippen LogP contribution in [-0.4, -0.2) is 49.1 Å². The molecule has 0 atom stereocenters. The predicted molar refractivity (Wildman–Crippen MR) is 87.5 cm³/mol. The second kappa shape index (κ2) is 8.51. The summed E-state index contributed by atoms with van der Waals surface area (Å²) in [7, 11) is 0. The van der Waals surface area contributed by atoms with Crippen molar-refractivity contribution in [3.8, 4) is 0 Å². The highest BCUT2D eigenvalue weighted by Gasteiger charge is 2.27. The highest BCUT2D eigenvalue weighted by Crippen LogP contribution is 2.19. The quantitative estimate of drug-likeness (QED) is 0.818. The monoisotopic (exact) mass is 312 g/mol. The van der Waals surface area contributed by atoms with Gasteiger partial charge in [-0.2, -0.15) is 0 Å². The molecule has 1 N–H and O–H groups in total. The topological polar surface area (TPSA) is 58.6 Å². The van der Waals surface area contributed by atoms with Crippen LogP contribution in [0, 0.1) is 11.3 Å². The van der Waals surface area contributed by atoms with E-state index in [0.29, 0.717) is 13.1 Å². The Balaban J connectivity index is 2.26. The van der Waals surface area contributed by atoms with Gasteiger partial charge in [-0.25, -0.2) is 0 Å². The van der Waals surface area contributed by atoms with Crippen molar-refractivity contribution in [3.63, 3.8) is 0 Å². The number of hydrogen-bond donors (Lipinski definition) is 1. The largest absolute Gasteiger partial charge is 0.369 e. The molecule has 2 amide bonds. The van der Waals surface area contributed by atoms with Crippen molar-refractivity contribution in [2.24, 2.45) is 11.3 Å². The third-order valence-electron chi connectivity index (χ3n) is 3.93. The molecule has 0 saturated carbocycles. The van der Waals surface area contributed by atoms with Crippen LogP contribution in [0.1, 0.15) is 53.9 Å². The van der Waals surface area contributed by atoms with Gasteiger partial charge in [-0.15, -0.1) is 0 Å². The van der Waals surface area contributed by atoms with Crippen molar-refractivity contribution in [1.29, 1.82) is 0 Å². The number of carbonyl (C=O) groups is 2. The van der Waals surface area contributed by atoms with Crippen LogP contribution in [0.3, 0.4) is 0 Å². The predicted octanol–water partition coefficient (Wildman–Crippen LogP) is 2.20. The van der Waals surface area contributed by atoms with E-state index in [9.17, 15) is 9.59 Å². The standard InChI is InChI=1S/C17H32N2O3/c1-13(2)22-12-15(20)19-10-6-14(7-11-19)16(21)18-9-8-17(3,4)5/h13-14H,6-12H2,1-5H3,(H,18,21). The average molecular weight is 312 g/mol. The van der Waals surface area contributed by atoms with Crippen molar-refractivity contribution in [2.75, 3.05) is 26.2 Å². The Hall–Kier alpha value is -1.10. The van der Waals surface area contributed by atoms with E-state index in [1.807, 2.05) is 13.8 Å². The lowest BCUT2D eigenvalue weighted by molar-refractivity contribution is -0.140. The molecule has 128 valence electrons. The summed E-state index contributed by atoms with van der Waals surface area (Å²) < 4.78 is 5.35. The molecule has 5 heteroatoms. The van der Waals surface area contributed by atoms with Gasteiger partial charge in [0, 0.05) is 25.6 Å². The fourth-order valence-corrected chi connectivity index (χ4v) is 2.43. The number of ether oxygens (including phenoxy) is 1. The normalized spacial score (nSPS) is 16.9. The Labute approximate surface area is 134 Å². The Kier molecular flexibility index (Phi) is 7.33. The van der Waals surface area contributed by atoms with Gasteiger partial charge in [0.2, 0.25) is 11.8 Å². The first-order valence-corrected chi connectivity index (χ1v) is 8.36. The van der Waals surface area contributed by atoms with Gasteiger partial charge in [0.25, 0.3) is 0 Å². The number of piperidine rings is 1. The third kappa shape index (κ3) is 7.25. The van der Waals surface area contributed by atoms with E-state index in [4.69, 9.17) is 4.74 Å². The maximum atomic E-state index is 12.1. The van der Waals surface area contributed by atoms with Crippen molar-refractivity contribution in [1.82, 2.24) is 10.2 Å². The fraction of sp³-hybridized carbons (Fsp3) is 0.882. The molecular formula is C17H32N2O3. The van der Waals surface area contributed by atoms with Gasteiger partial charge < -0.3 is 15.0 Å². The Morgan fingerprint density at radius 1 is 1.23 bits per heavy atom. The van der Waals surface area contributed by atoms with Crippen molar-refractivity contribution < 1.29 is 14.3 Å². The Morgan fingerprint density at radius 2 is 1.82 bits per heavy atom. The lowest BCUT2D eigenvalue weighted by atomic mass is 9.92. The first-order chi connectivity index (χ1) is 10.2. The molecule has 1 saturated heterocycles. The van der Waals surface area contributed by atoms with Crippen LogP contribution in [-0.2, 0) is 14.3 Å². The van der Waals surface area contributed by atoms with E-state index >= 15 is 0 Å². The van der Waals surface area contributed by atoms with Gasteiger partial charge in [0.15, 0.2) is 0 Å². The minimum Gasteiger partial charge on any atom is -0.369 e. The van der Waals surface area contributed by atoms with Crippen LogP contribution in [0.25, 0.3) is 0 Å². The number of nitrogens with zero attached hydrogens (tertiary/aromatic N) is 1. The van der Waals surface area contributed by atoms with E-state index in [1.54, 1.807) is 4.90 Å². The Morgan fingerprint density at radius 3 is 2.32 bits per heavy atom. The molecule has 0 aromatic rings. The first-order valence-electron chi connectivity index (χ1n) is 8.36. The fourth-order valence-electron chi connectivity index (χ4n) is 2.43. The minimum absolute atomic E-state index is 0.0280. The summed E-state index contributed by atoms with van der Waals surface area (Å²) in [6.45, 7) is 12.5. The first kappa shape index (κ1) is 18.9. The number of amides is 2. The van der Waals surface area contributed by atoms with Gasteiger partial charge in [-0.3, -0.25) is 9.59 Å². The third-order valence-corrected chi connectivity index (χ3v) is 3.93. The van der Waals surface area contributed by atoms with Gasteiger partial charge in [-0.1, -0.05) is 20.8 Å². The van der Waals surface area contributed by atoms with E-state index < -0.39 is 0 Å². The molecule has 1 aliphatic heterocycles. The lowest BCUT2D eigenvalue weighted by Crippen LogP contribution is -2.44. The summed E-state index contributed by atoms with van der Waals surface area (Å²) in [4.78, 5) is 25.9. The van der Waals surface area contributed by atoms with Crippen LogP contribution in [0.4, 0.5) is 0 Å². The molecule has 0 spiro atoms. The van der Waals surface area contributed by atoms with Crippen LogP contribution in [0.2, 0.25) is 0 Å². The van der Waals surface area contributed by atoms with E-state index in [-0.39, 0.29) is 35.9 Å². The smallest absolute Gasteiger partial charge is 0.248 e. The second-order valence-corrected chi connectivity index (χ2v) is 7.62. The van der Waals surface area contributed by atoms with Crippen LogP contribution < -0.4 is 5.32 Å². The summed E-state index contributed by atoms with van der Waals surface area (Å²) in [6.07, 6.45) is 2.53. The number of carbonyl (C=O) groups excluding carboxylic acids is 2. The molecule has 0 aromatic carbocycles. The SMILES string of the molecule is CC(C)OCC(=O)N1CCC(C(=O)NCCC(C)(C)C)CC1. The van der Waals surface area contributed by atoms with Crippen molar-refractivity contribution in [3.05, 3.63) is 0 Å². The zero-order chi connectivity index (χ0) is 16.8. The summed E-state index contributed by atoms with van der Waals surface area (Å²) in [6, 6.07) is 0. The highest BCUT2D eigenvalue weighted by atomic mass is 16.5. The maximum absolute atomic E-state index is 12.1. The molecule has 1 fully saturated rings. The van der Waals surface area contributed by atoms with Crippen molar-refractivity contribution >= 4 is 11.8 Å². The number of hydrogen-bond acceptors (Lipinski definition) is 3. The zero-order valence-electron chi connectivity index (χ0n) is 14.8. The second-order valence-electron chi connectivity index (χ2n) is 7.62. The molecule has 1 aliphatic rings. The summed E-state index contributed by atoms with van der Waals surface area (Å²) in [5, 5.41) is 3.03. The van der Waals surface area contributed by atoms with Crippen LogP contribution in [0.15, 0.2) is 0 Å². The van der Waals surface area contributed by atoms with E-state index in [1.165, 1.54) is 0 Å². The maximum Gasteiger partial charge on any atom is 0.248 e. The lowest BCUT2D eigenvalue weighted by Gasteiger charge is -2.31. The molecule has 0 radical (unpaired) electrons. The number of likely N-dealkylation sites (tertiary alicyclic amines) is 1. The molecule has 22 heavy (non-hydrogen) atoms. The molecular weight excluding hydrogens is 280 g/mol. The minimum atomic E-state index is 0.0280. The van der Waals surface area contributed by atoms with Crippen molar-refractivity contribution in [2.45, 2.75) is 60.0 Å². The van der Waals surface area contributed by atoms with Gasteiger partial charge >= 0.3 is 0 Å². The van der Waals surface area contributed by atoms with E-state index in [0.717, 1.165) is 25.8 Å². The number of rotatable bonds is 6. The summed E-state index contributed by atoms with van der Waals surface area (Å²) >= 11 is 0. The molecule has 0 bridgehead atoms. The van der Waals surface area contributed by atoms with Gasteiger partial charge in [0.1, 0.15) is 6.61 Å². The van der Waals surface area contributed by atoms with E-state index in [2.05, 4.69) is 26.1 Å². The summed E-state index contributed by atoms with van der Waals surface area (Å²) in [5.74, 6) is 0.199. The molecule has 0 unspecified atom stereocenters. The molecule has 5 nitrogen and oxygen atoms in total. The zero-order valence-corrected chi connectivity index (χ0v) is 14.8. The van der Waals surface area contributed by atoms with Crippen LogP contribution in [0.5, 0.6) is 0 Å². The molecule has 0 aliphatic carbocycles. The molecule has 1 rings (SSSR count). The van der Waals surface area contributed by atoms with Gasteiger partial charge in [-0.05, 0) is 38.5 Å². The Bertz CT molecular complexity index is 367. The van der Waals surface area contributed by atoms with Crippen LogP contribution >= 0.6 is 0 Å². The highest BCUT2D eigenvalue weighted by molar-refractivity contribution is 5.80.